The summed E-state index contributed by atoms with van der Waals surface area (Å²) in [5.74, 6) is -0.404. The predicted octanol–water partition coefficient (Wildman–Crippen LogP) is 2.70. The lowest BCUT2D eigenvalue weighted by Crippen LogP contribution is -2.32. The van der Waals surface area contributed by atoms with E-state index in [0.717, 1.165) is 15.7 Å². The lowest BCUT2D eigenvalue weighted by Gasteiger charge is -2.14. The van der Waals surface area contributed by atoms with Gasteiger partial charge in [0.2, 0.25) is 5.91 Å². The number of hydrogen-bond donors (Lipinski definition) is 2. The molecule has 5 heteroatoms. The third-order valence-corrected chi connectivity index (χ3v) is 3.11. The summed E-state index contributed by atoms with van der Waals surface area (Å²) in [7, 11) is 0. The minimum absolute atomic E-state index is 0.404. The zero-order chi connectivity index (χ0) is 11.6. The second-order valence-electron chi connectivity index (χ2n) is 3.35. The number of primary amides is 1. The molecule has 1 aromatic rings. The molecule has 0 bridgehead atoms. The maximum Gasteiger partial charge on any atom is 0.239 e. The number of amides is 1. The fraction of sp³-hybridized carbons (Fsp3) is 0.300. The summed E-state index contributed by atoms with van der Waals surface area (Å²) in [4.78, 5) is 10.9. The van der Waals surface area contributed by atoms with Gasteiger partial charge in [-0.25, -0.2) is 0 Å². The van der Waals surface area contributed by atoms with Crippen LogP contribution in [-0.4, -0.2) is 11.9 Å². The lowest BCUT2D eigenvalue weighted by atomic mass is 10.2. The molecule has 0 aliphatic heterocycles. The van der Waals surface area contributed by atoms with Gasteiger partial charge in [-0.05, 0) is 47.5 Å². The predicted molar refractivity (Wildman–Crippen MR) is 66.2 cm³/mol. The van der Waals surface area contributed by atoms with Crippen molar-refractivity contribution >= 4 is 39.1 Å². The average molecular weight is 292 g/mol. The molecule has 0 fully saturated rings. The summed E-state index contributed by atoms with van der Waals surface area (Å²) in [6.07, 6.45) is 0. The van der Waals surface area contributed by atoms with Crippen LogP contribution in [0.1, 0.15) is 12.5 Å². The van der Waals surface area contributed by atoms with E-state index in [2.05, 4.69) is 21.2 Å². The highest BCUT2D eigenvalue weighted by atomic mass is 79.9. The maximum absolute atomic E-state index is 10.9. The Labute approximate surface area is 102 Å². The molecular weight excluding hydrogens is 279 g/mol. The molecule has 0 saturated carbocycles. The molecule has 1 unspecified atom stereocenters. The van der Waals surface area contributed by atoms with Gasteiger partial charge in [0, 0.05) is 9.50 Å². The minimum atomic E-state index is -0.430. The molecule has 3 N–H and O–H groups in total. The molecule has 0 spiro atoms. The Morgan fingerprint density at radius 2 is 2.20 bits per heavy atom. The van der Waals surface area contributed by atoms with E-state index in [9.17, 15) is 4.79 Å². The molecule has 0 radical (unpaired) electrons. The van der Waals surface area contributed by atoms with E-state index in [4.69, 9.17) is 17.3 Å². The zero-order valence-corrected chi connectivity index (χ0v) is 10.8. The van der Waals surface area contributed by atoms with Crippen LogP contribution < -0.4 is 11.1 Å². The summed E-state index contributed by atoms with van der Waals surface area (Å²) in [5, 5.41) is 3.62. The number of anilines is 1. The van der Waals surface area contributed by atoms with E-state index < -0.39 is 11.9 Å². The van der Waals surface area contributed by atoms with Gasteiger partial charge in [0.25, 0.3) is 0 Å². The molecule has 0 aliphatic carbocycles. The Kier molecular flexibility index (Phi) is 3.99. The van der Waals surface area contributed by atoms with Gasteiger partial charge in [0.05, 0.1) is 5.69 Å². The van der Waals surface area contributed by atoms with Gasteiger partial charge in [-0.2, -0.15) is 0 Å². The first kappa shape index (κ1) is 12.3. The van der Waals surface area contributed by atoms with E-state index in [1.54, 1.807) is 13.0 Å². The molecule has 1 aromatic carbocycles. The summed E-state index contributed by atoms with van der Waals surface area (Å²) in [6, 6.07) is 3.22. The van der Waals surface area contributed by atoms with E-state index in [1.165, 1.54) is 0 Å². The van der Waals surface area contributed by atoms with Gasteiger partial charge in [-0.15, -0.1) is 0 Å². The third-order valence-electron chi connectivity index (χ3n) is 2.05. The van der Waals surface area contributed by atoms with Crippen molar-refractivity contribution in [3.63, 3.8) is 0 Å². The van der Waals surface area contributed by atoms with Crippen molar-refractivity contribution in [2.45, 2.75) is 19.9 Å². The number of aryl methyl sites for hydroxylation is 1. The Balaban J connectivity index is 2.95. The van der Waals surface area contributed by atoms with Gasteiger partial charge >= 0.3 is 0 Å². The minimum Gasteiger partial charge on any atom is -0.373 e. The second kappa shape index (κ2) is 4.86. The summed E-state index contributed by atoms with van der Waals surface area (Å²) in [5.41, 5.74) is 6.89. The lowest BCUT2D eigenvalue weighted by molar-refractivity contribution is -0.118. The van der Waals surface area contributed by atoms with Crippen LogP contribution in [0.15, 0.2) is 16.6 Å². The van der Waals surface area contributed by atoms with Crippen molar-refractivity contribution in [1.29, 1.82) is 0 Å². The van der Waals surface area contributed by atoms with Crippen LogP contribution in [0.25, 0.3) is 0 Å². The quantitative estimate of drug-likeness (QED) is 0.899. The molecule has 15 heavy (non-hydrogen) atoms. The molecule has 0 aliphatic rings. The normalized spacial score (nSPS) is 12.3. The monoisotopic (exact) mass is 290 g/mol. The molecule has 0 aromatic heterocycles. The van der Waals surface area contributed by atoms with Crippen LogP contribution >= 0.6 is 27.5 Å². The summed E-state index contributed by atoms with van der Waals surface area (Å²) < 4.78 is 0.859. The van der Waals surface area contributed by atoms with Gasteiger partial charge < -0.3 is 11.1 Å². The largest absolute Gasteiger partial charge is 0.373 e. The summed E-state index contributed by atoms with van der Waals surface area (Å²) >= 11 is 9.36. The first-order valence-electron chi connectivity index (χ1n) is 4.43. The van der Waals surface area contributed by atoms with Crippen molar-refractivity contribution in [3.8, 4) is 0 Å². The van der Waals surface area contributed by atoms with Crippen LogP contribution in [0.4, 0.5) is 5.69 Å². The highest BCUT2D eigenvalue weighted by molar-refractivity contribution is 9.10. The van der Waals surface area contributed by atoms with E-state index >= 15 is 0 Å². The topological polar surface area (TPSA) is 55.1 Å². The van der Waals surface area contributed by atoms with Gasteiger partial charge in [0.15, 0.2) is 0 Å². The Morgan fingerprint density at radius 1 is 1.60 bits per heavy atom. The smallest absolute Gasteiger partial charge is 0.239 e. The molecule has 3 nitrogen and oxygen atoms in total. The molecule has 1 atom stereocenters. The van der Waals surface area contributed by atoms with E-state index in [-0.39, 0.29) is 0 Å². The van der Waals surface area contributed by atoms with Crippen molar-refractivity contribution in [2.75, 3.05) is 5.32 Å². The fourth-order valence-corrected chi connectivity index (χ4v) is 1.80. The SMILES string of the molecule is Cc1cc(Br)c(NC(C)C(N)=O)cc1Cl. The van der Waals surface area contributed by atoms with Crippen molar-refractivity contribution in [2.24, 2.45) is 5.73 Å². The van der Waals surface area contributed by atoms with Crippen LogP contribution in [-0.2, 0) is 4.79 Å². The van der Waals surface area contributed by atoms with Crippen LogP contribution in [0.2, 0.25) is 5.02 Å². The fourth-order valence-electron chi connectivity index (χ4n) is 1.06. The second-order valence-corrected chi connectivity index (χ2v) is 4.61. The Hall–Kier alpha value is -0.740. The standard InChI is InChI=1S/C10H12BrClN2O/c1-5-3-7(11)9(4-8(5)12)14-6(2)10(13)15/h3-4,6,14H,1-2H3,(H2,13,15). The highest BCUT2D eigenvalue weighted by Crippen LogP contribution is 2.29. The number of halogens is 2. The molecule has 1 rings (SSSR count). The average Bonchev–Trinajstić information content (AvgIpc) is 2.13. The number of benzene rings is 1. The summed E-state index contributed by atoms with van der Waals surface area (Å²) in [6.45, 7) is 3.61. The van der Waals surface area contributed by atoms with Gasteiger partial charge in [0.1, 0.15) is 6.04 Å². The molecule has 0 heterocycles. The third kappa shape index (κ3) is 3.11. The van der Waals surface area contributed by atoms with Crippen LogP contribution in [0.3, 0.4) is 0 Å². The number of carbonyl (C=O) groups is 1. The molecular formula is C10H12BrClN2O. The van der Waals surface area contributed by atoms with Crippen molar-refractivity contribution in [3.05, 3.63) is 27.2 Å². The van der Waals surface area contributed by atoms with Gasteiger partial charge in [-0.1, -0.05) is 11.6 Å². The Morgan fingerprint density at radius 3 is 2.73 bits per heavy atom. The molecule has 82 valence electrons. The Bertz CT molecular complexity index is 395. The highest BCUT2D eigenvalue weighted by Gasteiger charge is 2.11. The van der Waals surface area contributed by atoms with Crippen LogP contribution in [0.5, 0.6) is 0 Å². The first-order chi connectivity index (χ1) is 6.91. The van der Waals surface area contributed by atoms with Crippen molar-refractivity contribution < 1.29 is 4.79 Å². The van der Waals surface area contributed by atoms with Crippen LogP contribution in [0, 0.1) is 6.92 Å². The number of nitrogens with one attached hydrogen (secondary N) is 1. The van der Waals surface area contributed by atoms with Gasteiger partial charge in [-0.3, -0.25) is 4.79 Å². The van der Waals surface area contributed by atoms with E-state index in [1.807, 2.05) is 13.0 Å². The number of nitrogens with two attached hydrogens (primary N) is 1. The molecule has 1 amide bonds. The number of hydrogen-bond acceptors (Lipinski definition) is 2. The number of carbonyl (C=O) groups excluding carboxylic acids is 1. The number of rotatable bonds is 3. The molecule has 0 saturated heterocycles. The maximum atomic E-state index is 10.9. The van der Waals surface area contributed by atoms with E-state index in [0.29, 0.717) is 5.02 Å². The zero-order valence-electron chi connectivity index (χ0n) is 8.47. The first-order valence-corrected chi connectivity index (χ1v) is 5.60. The van der Waals surface area contributed by atoms with Crippen molar-refractivity contribution in [1.82, 2.24) is 0 Å².